The number of aliphatic carboxylic acids is 1. The van der Waals surface area contributed by atoms with Gasteiger partial charge in [-0.2, -0.15) is 4.73 Å². The number of carboxylic acid groups (broad SMARTS) is 2. The molecule has 0 radical (unpaired) electrons. The monoisotopic (exact) mass is 362 g/mol. The Hall–Kier alpha value is -3.10. The summed E-state index contributed by atoms with van der Waals surface area (Å²) >= 11 is 0. The van der Waals surface area contributed by atoms with Crippen molar-refractivity contribution in [2.75, 3.05) is 6.54 Å². The fraction of sp³-hybridized carbons (Fsp3) is 0.412. The molecule has 1 unspecified atom stereocenters. The number of nitrogens with zero attached hydrogens (tertiary/aromatic N) is 4. The van der Waals surface area contributed by atoms with E-state index in [1.165, 1.54) is 17.3 Å². The Morgan fingerprint density at radius 2 is 2.04 bits per heavy atom. The Morgan fingerprint density at radius 1 is 1.27 bits per heavy atom. The van der Waals surface area contributed by atoms with Crippen LogP contribution in [0.3, 0.4) is 0 Å². The van der Waals surface area contributed by atoms with E-state index in [1.807, 2.05) is 13.8 Å². The van der Waals surface area contributed by atoms with Gasteiger partial charge >= 0.3 is 12.1 Å². The van der Waals surface area contributed by atoms with Crippen LogP contribution >= 0.6 is 0 Å². The van der Waals surface area contributed by atoms with E-state index in [0.29, 0.717) is 11.4 Å². The fourth-order valence-electron chi connectivity index (χ4n) is 2.51. The summed E-state index contributed by atoms with van der Waals surface area (Å²) in [5, 5.41) is 18.8. The third kappa shape index (κ3) is 5.20. The summed E-state index contributed by atoms with van der Waals surface area (Å²) in [6, 6.07) is 2.35. The van der Waals surface area contributed by atoms with Crippen LogP contribution in [0.4, 0.5) is 4.79 Å². The average molecular weight is 362 g/mol. The normalized spacial score (nSPS) is 12.0. The van der Waals surface area contributed by atoms with E-state index in [0.717, 1.165) is 4.90 Å². The molecular formula is C17H22N4O5. The average Bonchev–Trinajstić information content (AvgIpc) is 3.01. The number of carbonyl (C=O) groups is 2. The van der Waals surface area contributed by atoms with Crippen LogP contribution in [-0.2, 0) is 11.2 Å². The number of hydrogen-bond acceptors (Lipinski definition) is 5. The molecule has 9 nitrogen and oxygen atoms in total. The van der Waals surface area contributed by atoms with Gasteiger partial charge in [0.2, 0.25) is 0 Å². The van der Waals surface area contributed by atoms with Gasteiger partial charge in [0.1, 0.15) is 12.4 Å². The van der Waals surface area contributed by atoms with E-state index in [-0.39, 0.29) is 25.3 Å². The van der Waals surface area contributed by atoms with Gasteiger partial charge in [-0.05, 0) is 24.5 Å². The highest BCUT2D eigenvalue weighted by atomic mass is 16.7. The summed E-state index contributed by atoms with van der Waals surface area (Å²) < 4.78 is 1.41. The standard InChI is InChI=1S/C17H22N4O5/c1-12(2)8-15(16(22)23)20(17(24)25)7-5-13-9-19-11-21(13)26-14-4-3-6-18-10-14/h3-4,6,9-12,15H,5,7-8H2,1-2H3,(H,22,23)(H,24,25). The number of imidazole rings is 1. The number of carboxylic acids is 1. The Morgan fingerprint density at radius 3 is 2.62 bits per heavy atom. The zero-order valence-electron chi connectivity index (χ0n) is 14.6. The first-order chi connectivity index (χ1) is 12.4. The number of amides is 1. The Balaban J connectivity index is 2.09. The maximum atomic E-state index is 11.6. The molecule has 2 heterocycles. The third-order valence-electron chi connectivity index (χ3n) is 3.73. The SMILES string of the molecule is CC(C)CC(C(=O)O)N(CCc1cncn1Oc1cccnc1)C(=O)O. The minimum atomic E-state index is -1.27. The van der Waals surface area contributed by atoms with E-state index in [9.17, 15) is 19.8 Å². The summed E-state index contributed by atoms with van der Waals surface area (Å²) in [6.07, 6.45) is 5.40. The predicted octanol–water partition coefficient (Wildman–Crippen LogP) is 2.14. The van der Waals surface area contributed by atoms with Crippen molar-refractivity contribution in [1.29, 1.82) is 0 Å². The lowest BCUT2D eigenvalue weighted by Crippen LogP contribution is -2.46. The van der Waals surface area contributed by atoms with Gasteiger partial charge in [0.15, 0.2) is 5.75 Å². The lowest BCUT2D eigenvalue weighted by atomic mass is 10.0. The molecule has 0 bridgehead atoms. The lowest BCUT2D eigenvalue weighted by Gasteiger charge is -2.27. The summed E-state index contributed by atoms with van der Waals surface area (Å²) in [5.74, 6) is -0.594. The summed E-state index contributed by atoms with van der Waals surface area (Å²) in [5.41, 5.74) is 0.619. The highest BCUT2D eigenvalue weighted by Gasteiger charge is 2.30. The van der Waals surface area contributed by atoms with Gasteiger partial charge in [0, 0.05) is 19.2 Å². The summed E-state index contributed by atoms with van der Waals surface area (Å²) in [6.45, 7) is 3.72. The predicted molar refractivity (Wildman–Crippen MR) is 91.8 cm³/mol. The molecule has 0 aromatic carbocycles. The maximum Gasteiger partial charge on any atom is 0.408 e. The zero-order chi connectivity index (χ0) is 19.1. The second-order valence-electron chi connectivity index (χ2n) is 6.20. The number of hydrogen-bond donors (Lipinski definition) is 2. The molecule has 0 saturated carbocycles. The largest absolute Gasteiger partial charge is 0.480 e. The molecular weight excluding hydrogens is 340 g/mol. The van der Waals surface area contributed by atoms with Crippen LogP contribution in [0.25, 0.3) is 0 Å². The Bertz CT molecular complexity index is 732. The summed E-state index contributed by atoms with van der Waals surface area (Å²) in [4.78, 5) is 37.6. The fourth-order valence-corrected chi connectivity index (χ4v) is 2.51. The van der Waals surface area contributed by atoms with Crippen LogP contribution in [0.15, 0.2) is 37.1 Å². The van der Waals surface area contributed by atoms with Crippen molar-refractivity contribution in [3.8, 4) is 5.75 Å². The molecule has 0 fully saturated rings. The molecule has 0 saturated heterocycles. The van der Waals surface area contributed by atoms with Crippen LogP contribution in [0.2, 0.25) is 0 Å². The van der Waals surface area contributed by atoms with Crippen molar-refractivity contribution < 1.29 is 24.6 Å². The van der Waals surface area contributed by atoms with Gasteiger partial charge in [0.05, 0.1) is 18.1 Å². The number of aromatic nitrogens is 3. The minimum Gasteiger partial charge on any atom is -0.480 e. The number of rotatable bonds is 9. The summed E-state index contributed by atoms with van der Waals surface area (Å²) in [7, 11) is 0. The third-order valence-corrected chi connectivity index (χ3v) is 3.73. The highest BCUT2D eigenvalue weighted by molar-refractivity contribution is 5.79. The molecule has 2 rings (SSSR count). The van der Waals surface area contributed by atoms with Gasteiger partial charge < -0.3 is 15.1 Å². The van der Waals surface area contributed by atoms with Crippen LogP contribution in [-0.4, -0.2) is 54.5 Å². The molecule has 2 aromatic heterocycles. The number of pyridine rings is 1. The highest BCUT2D eigenvalue weighted by Crippen LogP contribution is 2.15. The lowest BCUT2D eigenvalue weighted by molar-refractivity contribution is -0.143. The van der Waals surface area contributed by atoms with Gasteiger partial charge in [-0.15, -0.1) is 0 Å². The first-order valence-corrected chi connectivity index (χ1v) is 8.20. The van der Waals surface area contributed by atoms with Crippen LogP contribution < -0.4 is 4.84 Å². The van der Waals surface area contributed by atoms with Crippen molar-refractivity contribution in [3.05, 3.63) is 42.7 Å². The second kappa shape index (κ2) is 8.84. The molecule has 0 aliphatic carbocycles. The van der Waals surface area contributed by atoms with Crippen molar-refractivity contribution in [2.45, 2.75) is 32.7 Å². The maximum absolute atomic E-state index is 11.6. The second-order valence-corrected chi connectivity index (χ2v) is 6.20. The first kappa shape index (κ1) is 19.2. The van der Waals surface area contributed by atoms with E-state index in [4.69, 9.17) is 4.84 Å². The minimum absolute atomic E-state index is 0.0150. The topological polar surface area (TPSA) is 118 Å². The van der Waals surface area contributed by atoms with Crippen molar-refractivity contribution in [3.63, 3.8) is 0 Å². The van der Waals surface area contributed by atoms with E-state index >= 15 is 0 Å². The molecule has 0 aliphatic rings. The quantitative estimate of drug-likeness (QED) is 0.701. The molecule has 140 valence electrons. The van der Waals surface area contributed by atoms with Gasteiger partial charge in [-0.3, -0.25) is 9.88 Å². The van der Waals surface area contributed by atoms with Gasteiger partial charge in [-0.1, -0.05) is 13.8 Å². The van der Waals surface area contributed by atoms with Crippen LogP contribution in [0.1, 0.15) is 26.0 Å². The smallest absolute Gasteiger partial charge is 0.408 e. The molecule has 9 heteroatoms. The van der Waals surface area contributed by atoms with Crippen molar-refractivity contribution in [1.82, 2.24) is 19.6 Å². The molecule has 1 amide bonds. The van der Waals surface area contributed by atoms with Gasteiger partial charge in [-0.25, -0.2) is 14.6 Å². The zero-order valence-corrected chi connectivity index (χ0v) is 14.6. The Labute approximate surface area is 150 Å². The van der Waals surface area contributed by atoms with Crippen molar-refractivity contribution in [2.24, 2.45) is 5.92 Å². The van der Waals surface area contributed by atoms with Crippen LogP contribution in [0.5, 0.6) is 5.75 Å². The molecule has 0 spiro atoms. The molecule has 26 heavy (non-hydrogen) atoms. The molecule has 1 atom stereocenters. The first-order valence-electron chi connectivity index (χ1n) is 8.20. The van der Waals surface area contributed by atoms with Crippen LogP contribution in [0, 0.1) is 5.92 Å². The Kier molecular flexibility index (Phi) is 6.54. The molecule has 2 aromatic rings. The molecule has 2 N–H and O–H groups in total. The van der Waals surface area contributed by atoms with E-state index < -0.39 is 18.1 Å². The van der Waals surface area contributed by atoms with E-state index in [2.05, 4.69) is 9.97 Å². The van der Waals surface area contributed by atoms with E-state index in [1.54, 1.807) is 24.5 Å². The molecule has 0 aliphatic heterocycles. The van der Waals surface area contributed by atoms with Gasteiger partial charge in [0.25, 0.3) is 0 Å². The van der Waals surface area contributed by atoms with Crippen molar-refractivity contribution >= 4 is 12.1 Å².